The van der Waals surface area contributed by atoms with Crippen LogP contribution in [0.15, 0.2) is 65.1 Å². The van der Waals surface area contributed by atoms with Gasteiger partial charge in [-0.15, -0.1) is 0 Å². The highest BCUT2D eigenvalue weighted by Gasteiger charge is 2.03. The van der Waals surface area contributed by atoms with Crippen molar-refractivity contribution >= 4 is 26.7 Å². The van der Waals surface area contributed by atoms with Gasteiger partial charge in [-0.25, -0.2) is 4.39 Å². The van der Waals surface area contributed by atoms with E-state index < -0.39 is 0 Å². The van der Waals surface area contributed by atoms with Gasteiger partial charge in [-0.05, 0) is 41.1 Å². The van der Waals surface area contributed by atoms with Crippen LogP contribution in [0.2, 0.25) is 0 Å². The first-order valence-electron chi connectivity index (χ1n) is 6.28. The molecule has 3 aromatic rings. The molecule has 0 radical (unpaired) electrons. The zero-order valence-corrected chi connectivity index (χ0v) is 12.2. The van der Waals surface area contributed by atoms with Gasteiger partial charge in [0.15, 0.2) is 0 Å². The van der Waals surface area contributed by atoms with Crippen molar-refractivity contribution in [3.8, 4) is 5.75 Å². The highest BCUT2D eigenvalue weighted by molar-refractivity contribution is 9.10. The fourth-order valence-corrected chi connectivity index (χ4v) is 2.44. The Hall–Kier alpha value is -1.87. The molecule has 0 atom stereocenters. The molecular weight excluding hydrogens is 319 g/mol. The quantitative estimate of drug-likeness (QED) is 0.631. The molecule has 0 amide bonds. The van der Waals surface area contributed by atoms with Crippen LogP contribution in [0.3, 0.4) is 0 Å². The van der Waals surface area contributed by atoms with Gasteiger partial charge in [-0.3, -0.25) is 0 Å². The minimum atomic E-state index is -0.239. The number of hydrogen-bond acceptors (Lipinski definition) is 1. The molecule has 0 saturated carbocycles. The Morgan fingerprint density at radius 2 is 1.65 bits per heavy atom. The number of hydrogen-bond donors (Lipinski definition) is 0. The first-order valence-corrected chi connectivity index (χ1v) is 7.07. The van der Waals surface area contributed by atoms with Crippen molar-refractivity contribution < 1.29 is 9.13 Å². The van der Waals surface area contributed by atoms with Crippen LogP contribution in [-0.2, 0) is 6.61 Å². The lowest BCUT2D eigenvalue weighted by Crippen LogP contribution is -1.98. The molecule has 1 nitrogen and oxygen atoms in total. The summed E-state index contributed by atoms with van der Waals surface area (Å²) in [6.45, 7) is 0.231. The third-order valence-corrected chi connectivity index (χ3v) is 3.62. The molecule has 0 spiro atoms. The summed E-state index contributed by atoms with van der Waals surface area (Å²) in [7, 11) is 0. The van der Waals surface area contributed by atoms with Crippen molar-refractivity contribution in [3.05, 3.63) is 76.5 Å². The van der Waals surface area contributed by atoms with Crippen LogP contribution < -0.4 is 4.74 Å². The summed E-state index contributed by atoms with van der Waals surface area (Å²) < 4.78 is 20.2. The Balaban J connectivity index is 1.81. The fraction of sp³-hybridized carbons (Fsp3) is 0.0588. The fourth-order valence-electron chi connectivity index (χ4n) is 2.06. The minimum absolute atomic E-state index is 0.231. The summed E-state index contributed by atoms with van der Waals surface area (Å²) in [5, 5.41) is 2.23. The van der Waals surface area contributed by atoms with E-state index in [1.807, 2.05) is 30.3 Å². The van der Waals surface area contributed by atoms with Gasteiger partial charge in [0.1, 0.15) is 18.2 Å². The summed E-state index contributed by atoms with van der Waals surface area (Å²) >= 11 is 3.45. The van der Waals surface area contributed by atoms with E-state index in [1.54, 1.807) is 18.2 Å². The van der Waals surface area contributed by atoms with Gasteiger partial charge < -0.3 is 4.74 Å². The lowest BCUT2D eigenvalue weighted by atomic mass is 10.1. The average molecular weight is 331 g/mol. The maximum absolute atomic E-state index is 13.5. The number of fused-ring (bicyclic) bond motifs is 1. The number of ether oxygens (including phenoxy) is 1. The van der Waals surface area contributed by atoms with E-state index in [-0.39, 0.29) is 12.4 Å². The van der Waals surface area contributed by atoms with Crippen molar-refractivity contribution in [1.82, 2.24) is 0 Å². The highest BCUT2D eigenvalue weighted by Crippen LogP contribution is 2.24. The molecule has 20 heavy (non-hydrogen) atoms. The van der Waals surface area contributed by atoms with Crippen molar-refractivity contribution in [3.63, 3.8) is 0 Å². The molecule has 0 aliphatic heterocycles. The van der Waals surface area contributed by atoms with E-state index in [0.29, 0.717) is 5.56 Å². The smallest absolute Gasteiger partial charge is 0.129 e. The van der Waals surface area contributed by atoms with E-state index in [1.165, 1.54) is 6.07 Å². The Morgan fingerprint density at radius 1 is 0.900 bits per heavy atom. The zero-order chi connectivity index (χ0) is 13.9. The lowest BCUT2D eigenvalue weighted by Gasteiger charge is -2.08. The van der Waals surface area contributed by atoms with E-state index in [0.717, 1.165) is 21.0 Å². The van der Waals surface area contributed by atoms with Crippen LogP contribution in [0.5, 0.6) is 5.75 Å². The molecule has 0 heterocycles. The predicted octanol–water partition coefficient (Wildman–Crippen LogP) is 5.32. The maximum atomic E-state index is 13.5. The minimum Gasteiger partial charge on any atom is -0.489 e. The van der Waals surface area contributed by atoms with Gasteiger partial charge in [0.05, 0.1) is 0 Å². The van der Waals surface area contributed by atoms with Gasteiger partial charge in [-0.1, -0.05) is 46.3 Å². The van der Waals surface area contributed by atoms with Crippen molar-refractivity contribution in [1.29, 1.82) is 0 Å². The molecule has 0 bridgehead atoms. The molecule has 3 aromatic carbocycles. The predicted molar refractivity (Wildman–Crippen MR) is 82.4 cm³/mol. The number of halogens is 2. The Labute approximate surface area is 125 Å². The van der Waals surface area contributed by atoms with Gasteiger partial charge in [0.25, 0.3) is 0 Å². The summed E-state index contributed by atoms with van der Waals surface area (Å²) in [4.78, 5) is 0. The Morgan fingerprint density at radius 3 is 2.50 bits per heavy atom. The molecular formula is C17H12BrFO. The normalized spacial score (nSPS) is 10.7. The number of benzene rings is 3. The molecule has 0 aliphatic rings. The first kappa shape index (κ1) is 13.1. The Kier molecular flexibility index (Phi) is 3.70. The third-order valence-electron chi connectivity index (χ3n) is 3.13. The largest absolute Gasteiger partial charge is 0.489 e. The summed E-state index contributed by atoms with van der Waals surface area (Å²) in [6.07, 6.45) is 0. The van der Waals surface area contributed by atoms with Gasteiger partial charge in [0.2, 0.25) is 0 Å². The lowest BCUT2D eigenvalue weighted by molar-refractivity contribution is 0.300. The van der Waals surface area contributed by atoms with Crippen LogP contribution in [0.4, 0.5) is 4.39 Å². The third kappa shape index (κ3) is 2.83. The van der Waals surface area contributed by atoms with Crippen LogP contribution in [0, 0.1) is 5.82 Å². The second kappa shape index (κ2) is 5.63. The van der Waals surface area contributed by atoms with Crippen molar-refractivity contribution in [2.24, 2.45) is 0 Å². The highest BCUT2D eigenvalue weighted by atomic mass is 79.9. The van der Waals surface area contributed by atoms with Crippen LogP contribution in [-0.4, -0.2) is 0 Å². The van der Waals surface area contributed by atoms with Gasteiger partial charge >= 0.3 is 0 Å². The molecule has 3 rings (SSSR count). The van der Waals surface area contributed by atoms with Gasteiger partial charge in [-0.2, -0.15) is 0 Å². The Bertz CT molecular complexity index is 755. The average Bonchev–Trinajstić information content (AvgIpc) is 2.46. The van der Waals surface area contributed by atoms with E-state index >= 15 is 0 Å². The van der Waals surface area contributed by atoms with Crippen molar-refractivity contribution in [2.45, 2.75) is 6.61 Å². The first-order chi connectivity index (χ1) is 9.72. The van der Waals surface area contributed by atoms with Crippen LogP contribution >= 0.6 is 15.9 Å². The van der Waals surface area contributed by atoms with E-state index in [9.17, 15) is 4.39 Å². The molecule has 0 unspecified atom stereocenters. The molecule has 0 aromatic heterocycles. The molecule has 0 N–H and O–H groups in total. The molecule has 0 saturated heterocycles. The topological polar surface area (TPSA) is 9.23 Å². The van der Waals surface area contributed by atoms with Gasteiger partial charge in [0, 0.05) is 10.0 Å². The van der Waals surface area contributed by atoms with Crippen LogP contribution in [0.1, 0.15) is 5.56 Å². The SMILES string of the molecule is Fc1ccccc1COc1ccc2cc(Br)ccc2c1. The summed E-state index contributed by atoms with van der Waals surface area (Å²) in [6, 6.07) is 18.6. The molecule has 0 aliphatic carbocycles. The monoisotopic (exact) mass is 330 g/mol. The van der Waals surface area contributed by atoms with E-state index in [4.69, 9.17) is 4.74 Å². The molecule has 3 heteroatoms. The summed E-state index contributed by atoms with van der Waals surface area (Å²) in [5.41, 5.74) is 0.559. The standard InChI is InChI=1S/C17H12BrFO/c18-15-7-5-13-10-16(8-6-12(13)9-15)20-11-14-3-1-2-4-17(14)19/h1-10H,11H2. The zero-order valence-electron chi connectivity index (χ0n) is 10.6. The molecule has 0 fully saturated rings. The van der Waals surface area contributed by atoms with Crippen LogP contribution in [0.25, 0.3) is 10.8 Å². The summed E-state index contributed by atoms with van der Waals surface area (Å²) in [5.74, 6) is 0.500. The number of rotatable bonds is 3. The van der Waals surface area contributed by atoms with Crippen molar-refractivity contribution in [2.75, 3.05) is 0 Å². The second-order valence-corrected chi connectivity index (χ2v) is 5.45. The molecule has 100 valence electrons. The maximum Gasteiger partial charge on any atom is 0.129 e. The van der Waals surface area contributed by atoms with E-state index in [2.05, 4.69) is 22.0 Å². The second-order valence-electron chi connectivity index (χ2n) is 4.53.